The SMILES string of the molecule is COC(=O)Cn1c(=NC(=O)Cc2cccs2)sc2cc3c(cc21)OCCO3. The second-order valence-corrected chi connectivity index (χ2v) is 7.81. The lowest BCUT2D eigenvalue weighted by Crippen LogP contribution is -2.22. The van der Waals surface area contributed by atoms with Gasteiger partial charge in [0.1, 0.15) is 19.8 Å². The van der Waals surface area contributed by atoms with Gasteiger partial charge in [-0.05, 0) is 11.4 Å². The Morgan fingerprint density at radius 3 is 2.74 bits per heavy atom. The summed E-state index contributed by atoms with van der Waals surface area (Å²) in [4.78, 5) is 29.9. The highest BCUT2D eigenvalue weighted by Gasteiger charge is 2.18. The molecule has 7 nitrogen and oxygen atoms in total. The van der Waals surface area contributed by atoms with Crippen LogP contribution in [0.1, 0.15) is 4.88 Å². The van der Waals surface area contributed by atoms with Crippen molar-refractivity contribution in [1.82, 2.24) is 4.57 Å². The van der Waals surface area contributed by atoms with E-state index < -0.39 is 5.97 Å². The smallest absolute Gasteiger partial charge is 0.325 e. The number of thiophene rings is 1. The fraction of sp³-hybridized carbons (Fsp3) is 0.278. The molecule has 3 heterocycles. The van der Waals surface area contributed by atoms with E-state index in [0.29, 0.717) is 29.5 Å². The average molecular weight is 404 g/mol. The van der Waals surface area contributed by atoms with Crippen LogP contribution in [0.2, 0.25) is 0 Å². The molecule has 0 unspecified atom stereocenters. The third-order valence-electron chi connectivity index (χ3n) is 3.99. The Balaban J connectivity index is 1.79. The molecule has 0 atom stereocenters. The van der Waals surface area contributed by atoms with Crippen molar-refractivity contribution in [1.29, 1.82) is 0 Å². The number of amides is 1. The Hall–Kier alpha value is -2.65. The number of methoxy groups -OCH3 is 1. The van der Waals surface area contributed by atoms with Crippen LogP contribution in [0.3, 0.4) is 0 Å². The van der Waals surface area contributed by atoms with Crippen LogP contribution in [0.25, 0.3) is 10.2 Å². The van der Waals surface area contributed by atoms with E-state index in [0.717, 1.165) is 15.1 Å². The summed E-state index contributed by atoms with van der Waals surface area (Å²) in [6, 6.07) is 7.46. The minimum Gasteiger partial charge on any atom is -0.486 e. The summed E-state index contributed by atoms with van der Waals surface area (Å²) in [6.45, 7) is 0.917. The van der Waals surface area contributed by atoms with Crippen molar-refractivity contribution in [3.8, 4) is 11.5 Å². The summed E-state index contributed by atoms with van der Waals surface area (Å²) in [5, 5.41) is 1.92. The Labute approximate surface area is 162 Å². The van der Waals surface area contributed by atoms with Crippen molar-refractivity contribution in [2.24, 2.45) is 4.99 Å². The molecule has 1 aliphatic rings. The van der Waals surface area contributed by atoms with Gasteiger partial charge in [0.15, 0.2) is 16.3 Å². The van der Waals surface area contributed by atoms with Gasteiger partial charge in [0, 0.05) is 17.0 Å². The van der Waals surface area contributed by atoms with E-state index in [9.17, 15) is 9.59 Å². The average Bonchev–Trinajstić information content (AvgIpc) is 3.28. The molecule has 27 heavy (non-hydrogen) atoms. The predicted octanol–water partition coefficient (Wildman–Crippen LogP) is 2.38. The fourth-order valence-electron chi connectivity index (χ4n) is 2.75. The molecular formula is C18H16N2O5S2. The minimum absolute atomic E-state index is 0.0404. The largest absolute Gasteiger partial charge is 0.486 e. The topological polar surface area (TPSA) is 79.1 Å². The molecule has 1 amide bonds. The van der Waals surface area contributed by atoms with Gasteiger partial charge in [0.05, 0.1) is 23.7 Å². The van der Waals surface area contributed by atoms with Crippen LogP contribution in [0.5, 0.6) is 11.5 Å². The van der Waals surface area contributed by atoms with Crippen LogP contribution in [0, 0.1) is 0 Å². The monoisotopic (exact) mass is 404 g/mol. The summed E-state index contributed by atoms with van der Waals surface area (Å²) in [7, 11) is 1.33. The van der Waals surface area contributed by atoms with E-state index in [1.807, 2.05) is 29.6 Å². The molecule has 2 aromatic heterocycles. The Bertz CT molecular complexity index is 1070. The number of esters is 1. The van der Waals surface area contributed by atoms with E-state index in [1.54, 1.807) is 4.57 Å². The van der Waals surface area contributed by atoms with Crippen molar-refractivity contribution in [2.45, 2.75) is 13.0 Å². The van der Waals surface area contributed by atoms with E-state index >= 15 is 0 Å². The number of fused-ring (bicyclic) bond motifs is 2. The van der Waals surface area contributed by atoms with Crippen LogP contribution >= 0.6 is 22.7 Å². The first-order chi connectivity index (χ1) is 13.1. The van der Waals surface area contributed by atoms with E-state index in [2.05, 4.69) is 4.99 Å². The first-order valence-electron chi connectivity index (χ1n) is 8.24. The number of hydrogen-bond donors (Lipinski definition) is 0. The van der Waals surface area contributed by atoms with Crippen LogP contribution in [-0.4, -0.2) is 36.8 Å². The molecule has 0 bridgehead atoms. The standard InChI is InChI=1S/C18H16N2O5S2/c1-23-17(22)10-20-12-8-13-14(25-5-4-24-13)9-15(12)27-18(20)19-16(21)7-11-3-2-6-26-11/h2-3,6,8-9H,4-5,7,10H2,1H3. The highest BCUT2D eigenvalue weighted by atomic mass is 32.1. The van der Waals surface area contributed by atoms with Crippen molar-refractivity contribution in [3.05, 3.63) is 39.3 Å². The van der Waals surface area contributed by atoms with Crippen molar-refractivity contribution < 1.29 is 23.8 Å². The van der Waals surface area contributed by atoms with E-state index in [-0.39, 0.29) is 18.9 Å². The molecule has 0 N–H and O–H groups in total. The van der Waals surface area contributed by atoms with Crippen LogP contribution in [0.15, 0.2) is 34.6 Å². The van der Waals surface area contributed by atoms with Gasteiger partial charge in [-0.1, -0.05) is 17.4 Å². The molecule has 4 rings (SSSR count). The molecule has 9 heteroatoms. The Kier molecular flexibility index (Phi) is 4.95. The molecule has 1 aromatic carbocycles. The molecule has 3 aromatic rings. The zero-order valence-electron chi connectivity index (χ0n) is 14.5. The molecule has 0 spiro atoms. The zero-order chi connectivity index (χ0) is 18.8. The highest BCUT2D eigenvalue weighted by molar-refractivity contribution is 7.16. The van der Waals surface area contributed by atoms with Crippen LogP contribution in [-0.2, 0) is 27.3 Å². The third kappa shape index (κ3) is 3.74. The van der Waals surface area contributed by atoms with Crippen LogP contribution < -0.4 is 14.3 Å². The number of thiazole rings is 1. The lowest BCUT2D eigenvalue weighted by atomic mass is 10.2. The first kappa shape index (κ1) is 17.7. The predicted molar refractivity (Wildman–Crippen MR) is 101 cm³/mol. The van der Waals surface area contributed by atoms with Gasteiger partial charge >= 0.3 is 5.97 Å². The van der Waals surface area contributed by atoms with Crippen LogP contribution in [0.4, 0.5) is 0 Å². The molecule has 1 aliphatic heterocycles. The lowest BCUT2D eigenvalue weighted by Gasteiger charge is -2.18. The van der Waals surface area contributed by atoms with Gasteiger partial charge in [-0.25, -0.2) is 0 Å². The molecule has 0 saturated heterocycles. The lowest BCUT2D eigenvalue weighted by molar-refractivity contribution is -0.141. The van der Waals surface area contributed by atoms with E-state index in [1.165, 1.54) is 29.8 Å². The number of aromatic nitrogens is 1. The summed E-state index contributed by atoms with van der Waals surface area (Å²) in [6.07, 6.45) is 0.229. The zero-order valence-corrected chi connectivity index (χ0v) is 16.1. The van der Waals surface area contributed by atoms with E-state index in [4.69, 9.17) is 14.2 Å². The molecule has 0 aliphatic carbocycles. The normalized spacial score (nSPS) is 13.7. The Morgan fingerprint density at radius 2 is 2.04 bits per heavy atom. The van der Waals surface area contributed by atoms with Gasteiger partial charge in [-0.3, -0.25) is 9.59 Å². The molecular weight excluding hydrogens is 388 g/mol. The molecule has 0 saturated carbocycles. The quantitative estimate of drug-likeness (QED) is 0.624. The van der Waals surface area contributed by atoms with Crippen molar-refractivity contribution in [2.75, 3.05) is 20.3 Å². The maximum absolute atomic E-state index is 12.4. The number of nitrogens with zero attached hydrogens (tertiary/aromatic N) is 2. The summed E-state index contributed by atoms with van der Waals surface area (Å²) >= 11 is 2.84. The van der Waals surface area contributed by atoms with Crippen molar-refractivity contribution >= 4 is 44.8 Å². The molecule has 0 fully saturated rings. The van der Waals surface area contributed by atoms with Gasteiger partial charge in [-0.2, -0.15) is 4.99 Å². The molecule has 0 radical (unpaired) electrons. The Morgan fingerprint density at radius 1 is 1.26 bits per heavy atom. The second kappa shape index (κ2) is 7.53. The first-order valence-corrected chi connectivity index (χ1v) is 9.93. The maximum atomic E-state index is 12.4. The summed E-state index contributed by atoms with van der Waals surface area (Å²) < 4.78 is 18.6. The number of benzene rings is 1. The fourth-order valence-corrected chi connectivity index (χ4v) is 4.50. The second-order valence-electron chi connectivity index (χ2n) is 5.77. The number of carbonyl (C=O) groups excluding carboxylic acids is 2. The molecule has 140 valence electrons. The number of rotatable bonds is 4. The number of ether oxygens (including phenoxy) is 3. The number of hydrogen-bond acceptors (Lipinski definition) is 7. The third-order valence-corrected chi connectivity index (χ3v) is 5.91. The summed E-state index contributed by atoms with van der Waals surface area (Å²) in [5.41, 5.74) is 0.748. The number of carbonyl (C=O) groups is 2. The van der Waals surface area contributed by atoms with Gasteiger partial charge in [0.2, 0.25) is 0 Å². The maximum Gasteiger partial charge on any atom is 0.325 e. The highest BCUT2D eigenvalue weighted by Crippen LogP contribution is 2.35. The minimum atomic E-state index is -0.420. The van der Waals surface area contributed by atoms with Gasteiger partial charge < -0.3 is 18.8 Å². The van der Waals surface area contributed by atoms with Gasteiger partial charge in [0.25, 0.3) is 5.91 Å². The summed E-state index contributed by atoms with van der Waals surface area (Å²) in [5.74, 6) is 0.579. The van der Waals surface area contributed by atoms with Crippen molar-refractivity contribution in [3.63, 3.8) is 0 Å². The van der Waals surface area contributed by atoms with Gasteiger partial charge in [-0.15, -0.1) is 11.3 Å².